The normalized spacial score (nSPS) is 18.8. The molecule has 0 saturated carbocycles. The Hall–Kier alpha value is -0.170. The number of likely N-dealkylation sites (tertiary alicyclic amines) is 1. The Morgan fingerprint density at radius 3 is 2.45 bits per heavy atom. The maximum absolute atomic E-state index is 11.8. The number of rotatable bonds is 9. The molecule has 1 heterocycles. The molecule has 120 valence electrons. The highest BCUT2D eigenvalue weighted by atomic mass is 32.2. The van der Waals surface area contributed by atoms with Crippen molar-refractivity contribution in [2.75, 3.05) is 39.0 Å². The second-order valence-electron chi connectivity index (χ2n) is 6.21. The summed E-state index contributed by atoms with van der Waals surface area (Å²) >= 11 is 0. The monoisotopic (exact) mass is 305 g/mol. The molecule has 0 bridgehead atoms. The first-order valence-corrected chi connectivity index (χ1v) is 9.43. The zero-order chi connectivity index (χ0) is 15.0. The second kappa shape index (κ2) is 8.97. The van der Waals surface area contributed by atoms with Crippen LogP contribution in [0.15, 0.2) is 0 Å². The molecule has 1 saturated heterocycles. The largest absolute Gasteiger partial charge is 0.314 e. The molecule has 0 radical (unpaired) electrons. The van der Waals surface area contributed by atoms with E-state index in [1.165, 1.54) is 12.8 Å². The van der Waals surface area contributed by atoms with Crippen LogP contribution in [0.2, 0.25) is 0 Å². The lowest BCUT2D eigenvalue weighted by atomic mass is 9.94. The van der Waals surface area contributed by atoms with Crippen molar-refractivity contribution in [1.29, 1.82) is 0 Å². The highest BCUT2D eigenvalue weighted by Gasteiger charge is 2.17. The van der Waals surface area contributed by atoms with E-state index in [4.69, 9.17) is 0 Å². The first-order valence-electron chi connectivity index (χ1n) is 7.78. The molecule has 0 spiro atoms. The Balaban J connectivity index is 2.10. The van der Waals surface area contributed by atoms with Crippen molar-refractivity contribution in [2.24, 2.45) is 5.92 Å². The Labute approximate surface area is 124 Å². The lowest BCUT2D eigenvalue weighted by molar-refractivity contribution is 0.213. The quantitative estimate of drug-likeness (QED) is 0.625. The minimum atomic E-state index is -3.09. The van der Waals surface area contributed by atoms with Crippen LogP contribution in [0, 0.1) is 5.92 Å². The molecule has 0 aromatic rings. The van der Waals surface area contributed by atoms with E-state index >= 15 is 0 Å². The summed E-state index contributed by atoms with van der Waals surface area (Å²) < 4.78 is 26.4. The molecule has 0 aromatic carbocycles. The van der Waals surface area contributed by atoms with Crippen LogP contribution < -0.4 is 10.0 Å². The summed E-state index contributed by atoms with van der Waals surface area (Å²) in [6.45, 7) is 7.75. The molecular formula is C14H31N3O2S. The van der Waals surface area contributed by atoms with Crippen molar-refractivity contribution in [3.05, 3.63) is 0 Å². The summed E-state index contributed by atoms with van der Waals surface area (Å²) in [4.78, 5) is 2.34. The fourth-order valence-corrected chi connectivity index (χ4v) is 3.59. The minimum Gasteiger partial charge on any atom is -0.314 e. The summed E-state index contributed by atoms with van der Waals surface area (Å²) in [7, 11) is -0.949. The molecule has 0 unspecified atom stereocenters. The predicted molar refractivity (Wildman–Crippen MR) is 84.4 cm³/mol. The van der Waals surface area contributed by atoms with Crippen LogP contribution in [0.4, 0.5) is 0 Å². The fourth-order valence-electron chi connectivity index (χ4n) is 2.49. The predicted octanol–water partition coefficient (Wildman–Crippen LogP) is 1.03. The number of nitrogens with one attached hydrogen (secondary N) is 2. The number of piperidine rings is 1. The molecule has 20 heavy (non-hydrogen) atoms. The van der Waals surface area contributed by atoms with Gasteiger partial charge < -0.3 is 10.2 Å². The summed E-state index contributed by atoms with van der Waals surface area (Å²) in [5.41, 5.74) is 0. The van der Waals surface area contributed by atoms with Crippen LogP contribution in [0.5, 0.6) is 0 Å². The van der Waals surface area contributed by atoms with Crippen molar-refractivity contribution in [3.63, 3.8) is 0 Å². The number of hydrogen-bond donors (Lipinski definition) is 2. The third kappa shape index (κ3) is 8.19. The van der Waals surface area contributed by atoms with Gasteiger partial charge in [-0.15, -0.1) is 0 Å². The molecule has 1 fully saturated rings. The highest BCUT2D eigenvalue weighted by molar-refractivity contribution is 7.89. The van der Waals surface area contributed by atoms with Gasteiger partial charge in [-0.05, 0) is 58.3 Å². The van der Waals surface area contributed by atoms with Crippen LogP contribution >= 0.6 is 0 Å². The molecule has 5 nitrogen and oxygen atoms in total. The number of hydrogen-bond acceptors (Lipinski definition) is 4. The zero-order valence-electron chi connectivity index (χ0n) is 13.2. The third-order valence-electron chi connectivity index (χ3n) is 3.86. The molecule has 0 aliphatic carbocycles. The van der Waals surface area contributed by atoms with Crippen molar-refractivity contribution >= 4 is 10.0 Å². The van der Waals surface area contributed by atoms with Crippen LogP contribution in [-0.4, -0.2) is 58.3 Å². The molecular weight excluding hydrogens is 274 g/mol. The van der Waals surface area contributed by atoms with Gasteiger partial charge in [0, 0.05) is 12.6 Å². The lowest BCUT2D eigenvalue weighted by Gasteiger charge is -2.28. The Bertz CT molecular complexity index is 349. The summed E-state index contributed by atoms with van der Waals surface area (Å²) in [5, 5.41) is 3.23. The van der Waals surface area contributed by atoms with Gasteiger partial charge in [-0.2, -0.15) is 0 Å². The Morgan fingerprint density at radius 2 is 1.85 bits per heavy atom. The fraction of sp³-hybridized carbons (Fsp3) is 1.00. The van der Waals surface area contributed by atoms with Gasteiger partial charge >= 0.3 is 0 Å². The first kappa shape index (κ1) is 17.9. The Morgan fingerprint density at radius 1 is 1.20 bits per heavy atom. The van der Waals surface area contributed by atoms with Gasteiger partial charge in [0.1, 0.15) is 0 Å². The van der Waals surface area contributed by atoms with Crippen LogP contribution in [0.3, 0.4) is 0 Å². The minimum absolute atomic E-state index is 0.222. The van der Waals surface area contributed by atoms with Crippen molar-refractivity contribution in [1.82, 2.24) is 14.9 Å². The standard InChI is InChI=1S/C14H31N3O2S/c1-13(2)15-8-4-12-20(18,19)16-9-5-14-6-10-17(3)11-7-14/h13-16H,4-12H2,1-3H3. The van der Waals surface area contributed by atoms with Crippen LogP contribution in [0.25, 0.3) is 0 Å². The van der Waals surface area contributed by atoms with E-state index in [0.29, 0.717) is 24.9 Å². The molecule has 6 heteroatoms. The first-order chi connectivity index (χ1) is 9.39. The van der Waals surface area contributed by atoms with Gasteiger partial charge in [-0.25, -0.2) is 13.1 Å². The van der Waals surface area contributed by atoms with Crippen molar-refractivity contribution in [3.8, 4) is 0 Å². The SMILES string of the molecule is CC(C)NCCCS(=O)(=O)NCCC1CCN(C)CC1. The second-order valence-corrected chi connectivity index (χ2v) is 8.14. The van der Waals surface area contributed by atoms with E-state index in [0.717, 1.165) is 26.1 Å². The lowest BCUT2D eigenvalue weighted by Crippen LogP contribution is -2.34. The molecule has 1 aliphatic rings. The van der Waals surface area contributed by atoms with Crippen molar-refractivity contribution in [2.45, 2.75) is 45.6 Å². The van der Waals surface area contributed by atoms with E-state index in [1.54, 1.807) is 0 Å². The Kier molecular flexibility index (Phi) is 8.02. The molecule has 0 aromatic heterocycles. The van der Waals surface area contributed by atoms with Gasteiger partial charge in [-0.3, -0.25) is 0 Å². The van der Waals surface area contributed by atoms with Gasteiger partial charge in [0.25, 0.3) is 0 Å². The number of nitrogens with zero attached hydrogens (tertiary/aromatic N) is 1. The molecule has 2 N–H and O–H groups in total. The topological polar surface area (TPSA) is 61.4 Å². The maximum Gasteiger partial charge on any atom is 0.211 e. The summed E-state index contributed by atoms with van der Waals surface area (Å²) in [5.74, 6) is 0.900. The van der Waals surface area contributed by atoms with Crippen LogP contribution in [0.1, 0.15) is 39.5 Å². The number of sulfonamides is 1. The van der Waals surface area contributed by atoms with Gasteiger partial charge in [0.2, 0.25) is 10.0 Å². The smallest absolute Gasteiger partial charge is 0.211 e. The van der Waals surface area contributed by atoms with E-state index in [2.05, 4.69) is 35.8 Å². The van der Waals surface area contributed by atoms with E-state index in [-0.39, 0.29) is 5.75 Å². The van der Waals surface area contributed by atoms with Gasteiger partial charge in [0.15, 0.2) is 0 Å². The molecule has 1 aliphatic heterocycles. The summed E-state index contributed by atoms with van der Waals surface area (Å²) in [6, 6.07) is 0.412. The van der Waals surface area contributed by atoms with Gasteiger partial charge in [0.05, 0.1) is 5.75 Å². The molecule has 0 amide bonds. The van der Waals surface area contributed by atoms with E-state index in [9.17, 15) is 8.42 Å². The zero-order valence-corrected chi connectivity index (χ0v) is 14.0. The average molecular weight is 305 g/mol. The van der Waals surface area contributed by atoms with E-state index < -0.39 is 10.0 Å². The van der Waals surface area contributed by atoms with Crippen LogP contribution in [-0.2, 0) is 10.0 Å². The third-order valence-corrected chi connectivity index (χ3v) is 5.33. The maximum atomic E-state index is 11.8. The summed E-state index contributed by atoms with van der Waals surface area (Å²) in [6.07, 6.45) is 4.02. The van der Waals surface area contributed by atoms with Crippen molar-refractivity contribution < 1.29 is 8.42 Å². The van der Waals surface area contributed by atoms with E-state index in [1.807, 2.05) is 0 Å². The highest BCUT2D eigenvalue weighted by Crippen LogP contribution is 2.18. The van der Waals surface area contributed by atoms with Gasteiger partial charge in [-0.1, -0.05) is 13.8 Å². The molecule has 1 rings (SSSR count). The molecule has 0 atom stereocenters. The average Bonchev–Trinajstić information content (AvgIpc) is 2.37.